The molecule has 98 valence electrons. The Hall–Kier alpha value is -0.830. The van der Waals surface area contributed by atoms with Crippen molar-refractivity contribution in [2.45, 2.75) is 52.0 Å². The van der Waals surface area contributed by atoms with Gasteiger partial charge in [0.2, 0.25) is 0 Å². The van der Waals surface area contributed by atoms with Crippen molar-refractivity contribution >= 4 is 5.97 Å². The molecule has 0 aliphatic heterocycles. The molecule has 0 aromatic rings. The monoisotopic (exact) mass is 239 g/mol. The van der Waals surface area contributed by atoms with Crippen LogP contribution < -0.4 is 0 Å². The van der Waals surface area contributed by atoms with E-state index in [0.717, 1.165) is 31.1 Å². The van der Waals surface area contributed by atoms with Crippen molar-refractivity contribution in [3.63, 3.8) is 0 Å². The van der Waals surface area contributed by atoms with Crippen molar-refractivity contribution in [1.29, 1.82) is 0 Å². The predicted molar refractivity (Wildman–Crippen MR) is 69.9 cm³/mol. The first-order chi connectivity index (χ1) is 8.22. The van der Waals surface area contributed by atoms with Crippen LogP contribution in [0, 0.1) is 0 Å². The number of rotatable bonds is 8. The van der Waals surface area contributed by atoms with Crippen LogP contribution in [-0.4, -0.2) is 37.1 Å². The van der Waals surface area contributed by atoms with Gasteiger partial charge in [0.25, 0.3) is 0 Å². The van der Waals surface area contributed by atoms with E-state index in [1.807, 2.05) is 13.0 Å². The highest BCUT2D eigenvalue weighted by Crippen LogP contribution is 2.27. The summed E-state index contributed by atoms with van der Waals surface area (Å²) in [5.74, 6) is -0.182. The van der Waals surface area contributed by atoms with Gasteiger partial charge >= 0.3 is 5.97 Å². The van der Waals surface area contributed by atoms with E-state index in [1.54, 1.807) is 0 Å². The third-order valence-electron chi connectivity index (χ3n) is 3.26. The number of carbonyl (C=O) groups excluding carboxylic acids is 1. The highest BCUT2D eigenvalue weighted by molar-refractivity contribution is 5.88. The Balaban J connectivity index is 2.47. The third kappa shape index (κ3) is 4.90. The molecule has 3 heteroatoms. The van der Waals surface area contributed by atoms with Gasteiger partial charge in [0, 0.05) is 18.2 Å². The molecule has 0 amide bonds. The van der Waals surface area contributed by atoms with Crippen molar-refractivity contribution in [1.82, 2.24) is 4.90 Å². The van der Waals surface area contributed by atoms with Gasteiger partial charge in [-0.05, 0) is 32.2 Å². The number of hydrogen-bond acceptors (Lipinski definition) is 3. The molecule has 0 unspecified atom stereocenters. The van der Waals surface area contributed by atoms with Gasteiger partial charge in [0.05, 0.1) is 7.11 Å². The first-order valence-electron chi connectivity index (χ1n) is 6.74. The van der Waals surface area contributed by atoms with Crippen LogP contribution in [0.1, 0.15) is 46.0 Å². The fourth-order valence-electron chi connectivity index (χ4n) is 1.95. The quantitative estimate of drug-likeness (QED) is 0.482. The normalized spacial score (nSPS) is 16.4. The summed E-state index contributed by atoms with van der Waals surface area (Å²) in [5, 5.41) is 0. The van der Waals surface area contributed by atoms with E-state index in [0.29, 0.717) is 0 Å². The van der Waals surface area contributed by atoms with Gasteiger partial charge in [-0.25, -0.2) is 4.79 Å². The van der Waals surface area contributed by atoms with Gasteiger partial charge in [0.15, 0.2) is 0 Å². The lowest BCUT2D eigenvalue weighted by molar-refractivity contribution is -0.136. The van der Waals surface area contributed by atoms with Gasteiger partial charge in [0.1, 0.15) is 0 Å². The fraction of sp³-hybridized carbons (Fsp3) is 0.786. The zero-order valence-corrected chi connectivity index (χ0v) is 11.4. The largest absolute Gasteiger partial charge is 0.466 e. The zero-order valence-electron chi connectivity index (χ0n) is 11.4. The van der Waals surface area contributed by atoms with Crippen LogP contribution in [0.2, 0.25) is 0 Å². The molecule has 1 fully saturated rings. The van der Waals surface area contributed by atoms with E-state index in [1.165, 1.54) is 32.8 Å². The molecule has 0 heterocycles. The molecule has 17 heavy (non-hydrogen) atoms. The zero-order chi connectivity index (χ0) is 12.7. The number of ether oxygens (including phenoxy) is 1. The number of unbranched alkanes of at least 4 members (excludes halogenated alkanes) is 1. The summed E-state index contributed by atoms with van der Waals surface area (Å²) in [5.41, 5.74) is 0.801. The molecule has 1 aliphatic carbocycles. The van der Waals surface area contributed by atoms with E-state index in [4.69, 9.17) is 4.74 Å². The van der Waals surface area contributed by atoms with Crippen molar-refractivity contribution in [2.75, 3.05) is 20.2 Å². The highest BCUT2D eigenvalue weighted by Gasteiger charge is 2.27. The SMILES string of the molecule is CCCCN(CC=C(CC)C(=O)OC)C1CC1. The Kier molecular flexibility index (Phi) is 6.27. The maximum atomic E-state index is 11.4. The maximum Gasteiger partial charge on any atom is 0.333 e. The van der Waals surface area contributed by atoms with Crippen molar-refractivity contribution in [3.05, 3.63) is 11.6 Å². The molecule has 0 spiro atoms. The van der Waals surface area contributed by atoms with Crippen molar-refractivity contribution in [2.24, 2.45) is 0 Å². The predicted octanol–water partition coefficient (Wildman–Crippen LogP) is 2.76. The smallest absolute Gasteiger partial charge is 0.333 e. The van der Waals surface area contributed by atoms with Crippen LogP contribution in [0.5, 0.6) is 0 Å². The van der Waals surface area contributed by atoms with Crippen LogP contribution >= 0.6 is 0 Å². The minimum absolute atomic E-state index is 0.182. The van der Waals surface area contributed by atoms with E-state index in [2.05, 4.69) is 11.8 Å². The Morgan fingerprint density at radius 3 is 2.59 bits per heavy atom. The second kappa shape index (κ2) is 7.49. The van der Waals surface area contributed by atoms with E-state index < -0.39 is 0 Å². The minimum Gasteiger partial charge on any atom is -0.466 e. The average Bonchev–Trinajstić information content (AvgIpc) is 3.17. The third-order valence-corrected chi connectivity index (χ3v) is 3.26. The summed E-state index contributed by atoms with van der Waals surface area (Å²) >= 11 is 0. The van der Waals surface area contributed by atoms with E-state index in [9.17, 15) is 4.79 Å². The lowest BCUT2D eigenvalue weighted by atomic mass is 10.2. The summed E-state index contributed by atoms with van der Waals surface area (Å²) < 4.78 is 4.77. The summed E-state index contributed by atoms with van der Waals surface area (Å²) in [6, 6.07) is 0.758. The Morgan fingerprint density at radius 2 is 2.12 bits per heavy atom. The summed E-state index contributed by atoms with van der Waals surface area (Å²) in [4.78, 5) is 13.9. The molecule has 0 atom stereocenters. The fourth-order valence-corrected chi connectivity index (χ4v) is 1.95. The Morgan fingerprint density at radius 1 is 1.41 bits per heavy atom. The average molecular weight is 239 g/mol. The van der Waals surface area contributed by atoms with Gasteiger partial charge in [-0.15, -0.1) is 0 Å². The van der Waals surface area contributed by atoms with Crippen LogP contribution in [0.4, 0.5) is 0 Å². The number of carbonyl (C=O) groups is 1. The van der Waals surface area contributed by atoms with Gasteiger partial charge in [-0.1, -0.05) is 26.3 Å². The van der Waals surface area contributed by atoms with Crippen molar-refractivity contribution in [3.8, 4) is 0 Å². The van der Waals surface area contributed by atoms with Crippen LogP contribution in [0.15, 0.2) is 11.6 Å². The van der Waals surface area contributed by atoms with E-state index in [-0.39, 0.29) is 5.97 Å². The summed E-state index contributed by atoms with van der Waals surface area (Å²) in [6.07, 6.45) is 7.89. The second-order valence-corrected chi connectivity index (χ2v) is 4.65. The Bertz CT molecular complexity index is 269. The topological polar surface area (TPSA) is 29.5 Å². The van der Waals surface area contributed by atoms with E-state index >= 15 is 0 Å². The second-order valence-electron chi connectivity index (χ2n) is 4.65. The lowest BCUT2D eigenvalue weighted by Gasteiger charge is -2.20. The molecule has 0 bridgehead atoms. The maximum absolute atomic E-state index is 11.4. The molecular formula is C14H25NO2. The summed E-state index contributed by atoms with van der Waals surface area (Å²) in [6.45, 7) is 6.25. The first-order valence-corrected chi connectivity index (χ1v) is 6.74. The number of esters is 1. The van der Waals surface area contributed by atoms with Crippen molar-refractivity contribution < 1.29 is 9.53 Å². The van der Waals surface area contributed by atoms with Gasteiger partial charge in [-0.3, -0.25) is 4.90 Å². The lowest BCUT2D eigenvalue weighted by Crippen LogP contribution is -2.27. The molecule has 0 aromatic carbocycles. The van der Waals surface area contributed by atoms with Crippen LogP contribution in [-0.2, 0) is 9.53 Å². The molecule has 0 N–H and O–H groups in total. The molecule has 0 saturated heterocycles. The number of methoxy groups -OCH3 is 1. The molecule has 3 nitrogen and oxygen atoms in total. The van der Waals surface area contributed by atoms with Crippen LogP contribution in [0.25, 0.3) is 0 Å². The van der Waals surface area contributed by atoms with Crippen LogP contribution in [0.3, 0.4) is 0 Å². The first kappa shape index (κ1) is 14.2. The number of hydrogen-bond donors (Lipinski definition) is 0. The standard InChI is InChI=1S/C14H25NO2/c1-4-6-10-15(13-7-8-13)11-9-12(5-2)14(16)17-3/h9,13H,4-8,10-11H2,1-3H3. The molecule has 1 saturated carbocycles. The Labute approximate surface area is 105 Å². The minimum atomic E-state index is -0.182. The molecular weight excluding hydrogens is 214 g/mol. The molecule has 1 aliphatic rings. The summed E-state index contributed by atoms with van der Waals surface area (Å²) in [7, 11) is 1.45. The molecule has 0 radical (unpaired) electrons. The van der Waals surface area contributed by atoms with Gasteiger partial charge < -0.3 is 4.74 Å². The van der Waals surface area contributed by atoms with Gasteiger partial charge in [-0.2, -0.15) is 0 Å². The molecule has 0 aromatic heterocycles. The highest BCUT2D eigenvalue weighted by atomic mass is 16.5. The number of nitrogens with zero attached hydrogens (tertiary/aromatic N) is 1. The molecule has 1 rings (SSSR count).